The van der Waals surface area contributed by atoms with Crippen molar-refractivity contribution in [1.29, 1.82) is 0 Å². The van der Waals surface area contributed by atoms with Crippen LogP contribution in [0.5, 0.6) is 11.5 Å². The molecule has 0 radical (unpaired) electrons. The van der Waals surface area contributed by atoms with Crippen LogP contribution >= 0.6 is 7.82 Å². The molecule has 0 bridgehead atoms. The van der Waals surface area contributed by atoms with Gasteiger partial charge in [-0.05, 0) is 49.4 Å². The highest BCUT2D eigenvalue weighted by Crippen LogP contribution is 2.37. The molecule has 16 heteroatoms. The highest BCUT2D eigenvalue weighted by molar-refractivity contribution is 7.46. The van der Waals surface area contributed by atoms with Crippen molar-refractivity contribution in [2.45, 2.75) is 38.1 Å². The van der Waals surface area contributed by atoms with Crippen LogP contribution in [0, 0.1) is 11.7 Å². The molecule has 5 rings (SSSR count). The maximum Gasteiger partial charge on any atom is 0.469 e. The molecule has 240 valence electrons. The zero-order valence-corrected chi connectivity index (χ0v) is 25.4. The Morgan fingerprint density at radius 1 is 1.16 bits per heavy atom. The Morgan fingerprint density at radius 2 is 2.00 bits per heavy atom. The Bertz CT molecular complexity index is 1660. The van der Waals surface area contributed by atoms with Crippen LogP contribution < -0.4 is 25.4 Å². The van der Waals surface area contributed by atoms with Crippen molar-refractivity contribution in [3.63, 3.8) is 0 Å². The van der Waals surface area contributed by atoms with Gasteiger partial charge in [0.1, 0.15) is 18.0 Å². The van der Waals surface area contributed by atoms with Gasteiger partial charge in [0.15, 0.2) is 17.3 Å². The highest BCUT2D eigenvalue weighted by Gasteiger charge is 2.27. The SMILES string of the molecule is COc1cc2c(Nc3cc(CC(=O)Nc4cccc(F)c4)[nH]n3)ncnc2cc1OCCC(NCCOP(=O)(O)O)C1CCC1. The van der Waals surface area contributed by atoms with Gasteiger partial charge in [-0.25, -0.2) is 18.9 Å². The first-order valence-corrected chi connectivity index (χ1v) is 16.0. The van der Waals surface area contributed by atoms with E-state index in [1.807, 2.05) is 0 Å². The van der Waals surface area contributed by atoms with Crippen molar-refractivity contribution >= 4 is 42.0 Å². The minimum absolute atomic E-state index is 0.00252. The van der Waals surface area contributed by atoms with Gasteiger partial charge >= 0.3 is 7.82 Å². The molecule has 2 heterocycles. The number of phosphoric ester groups is 1. The van der Waals surface area contributed by atoms with E-state index in [2.05, 4.69) is 40.6 Å². The molecular formula is C29H35FN7O7P. The number of methoxy groups -OCH3 is 1. The number of nitrogens with zero attached hydrogens (tertiary/aromatic N) is 3. The Balaban J connectivity index is 1.20. The lowest BCUT2D eigenvalue weighted by molar-refractivity contribution is -0.115. The molecule has 1 atom stereocenters. The maximum absolute atomic E-state index is 13.4. The quantitative estimate of drug-likeness (QED) is 0.0759. The summed E-state index contributed by atoms with van der Waals surface area (Å²) in [6.45, 7) is 0.612. The second kappa shape index (κ2) is 14.8. The zero-order valence-electron chi connectivity index (χ0n) is 24.5. The number of fused-ring (bicyclic) bond motifs is 1. The number of carbonyl (C=O) groups is 1. The number of rotatable bonds is 16. The van der Waals surface area contributed by atoms with E-state index in [-0.39, 0.29) is 25.0 Å². The fourth-order valence-electron chi connectivity index (χ4n) is 5.07. The summed E-state index contributed by atoms with van der Waals surface area (Å²) in [4.78, 5) is 39.0. The molecule has 14 nitrogen and oxygen atoms in total. The van der Waals surface area contributed by atoms with Gasteiger partial charge in [0.2, 0.25) is 5.91 Å². The van der Waals surface area contributed by atoms with E-state index in [1.54, 1.807) is 31.4 Å². The summed E-state index contributed by atoms with van der Waals surface area (Å²) >= 11 is 0. The number of amides is 1. The molecule has 1 aliphatic carbocycles. The van der Waals surface area contributed by atoms with Crippen molar-refractivity contribution < 1.29 is 37.5 Å². The van der Waals surface area contributed by atoms with Crippen LogP contribution in [-0.2, 0) is 20.3 Å². The molecule has 0 saturated heterocycles. The van der Waals surface area contributed by atoms with Gasteiger partial charge in [0.05, 0.1) is 32.3 Å². The van der Waals surface area contributed by atoms with Crippen LogP contribution in [0.4, 0.5) is 21.7 Å². The summed E-state index contributed by atoms with van der Waals surface area (Å²) in [6, 6.07) is 11.0. The van der Waals surface area contributed by atoms with Crippen molar-refractivity contribution in [3.8, 4) is 11.5 Å². The monoisotopic (exact) mass is 643 g/mol. The number of hydrogen-bond acceptors (Lipinski definition) is 10. The summed E-state index contributed by atoms with van der Waals surface area (Å²) in [6.07, 6.45) is 5.42. The summed E-state index contributed by atoms with van der Waals surface area (Å²) in [7, 11) is -2.95. The minimum atomic E-state index is -4.50. The lowest BCUT2D eigenvalue weighted by atomic mass is 9.78. The molecule has 1 aliphatic rings. The number of aromatic amines is 1. The van der Waals surface area contributed by atoms with Crippen LogP contribution in [-0.4, -0.2) is 68.8 Å². The average Bonchev–Trinajstić information content (AvgIpc) is 3.39. The van der Waals surface area contributed by atoms with E-state index in [1.165, 1.54) is 24.5 Å². The summed E-state index contributed by atoms with van der Waals surface area (Å²) in [5.74, 6) is 1.60. The first kappa shape index (κ1) is 32.3. The Hall–Kier alpha value is -4.14. The van der Waals surface area contributed by atoms with E-state index in [4.69, 9.17) is 19.3 Å². The van der Waals surface area contributed by atoms with Gasteiger partial charge in [-0.3, -0.25) is 14.4 Å². The molecule has 2 aromatic carbocycles. The standard InChI is InChI=1S/C29H35FN7O7P/c1-42-25-15-22-24(16-26(25)43-10-8-23(18-4-2-5-18)31-9-11-44-45(39,40)41)32-17-33-29(22)35-27-13-21(36-37-27)14-28(38)34-20-7-3-6-19(30)12-20/h3,6-7,12-13,15-18,23,31H,2,4-5,8-11,14H2,1H3,(H,34,38)(H2,39,40,41)(H2,32,33,35,36,37). The third-order valence-corrected chi connectivity index (χ3v) is 7.95. The lowest BCUT2D eigenvalue weighted by Crippen LogP contribution is -2.42. The number of nitrogens with one attached hydrogen (secondary N) is 4. The topological polar surface area (TPSA) is 193 Å². The number of phosphoric acid groups is 1. The predicted octanol–water partition coefficient (Wildman–Crippen LogP) is 4.06. The third kappa shape index (κ3) is 9.19. The van der Waals surface area contributed by atoms with Crippen molar-refractivity contribution in [2.24, 2.45) is 5.92 Å². The molecule has 6 N–H and O–H groups in total. The Kier molecular flexibility index (Phi) is 10.6. The number of anilines is 3. The summed E-state index contributed by atoms with van der Waals surface area (Å²) < 4.78 is 40.6. The molecule has 0 spiro atoms. The van der Waals surface area contributed by atoms with Gasteiger partial charge in [-0.1, -0.05) is 12.5 Å². The molecule has 1 saturated carbocycles. The zero-order chi connectivity index (χ0) is 31.8. The number of carbonyl (C=O) groups excluding carboxylic acids is 1. The van der Waals surface area contributed by atoms with Gasteiger partial charge in [-0.2, -0.15) is 5.10 Å². The lowest BCUT2D eigenvalue weighted by Gasteiger charge is -2.34. The van der Waals surface area contributed by atoms with Gasteiger partial charge in [0.25, 0.3) is 0 Å². The van der Waals surface area contributed by atoms with Gasteiger partial charge in [-0.15, -0.1) is 0 Å². The van der Waals surface area contributed by atoms with Crippen LogP contribution in [0.3, 0.4) is 0 Å². The summed E-state index contributed by atoms with van der Waals surface area (Å²) in [5.41, 5.74) is 1.52. The molecule has 1 amide bonds. The van der Waals surface area contributed by atoms with E-state index >= 15 is 0 Å². The van der Waals surface area contributed by atoms with Gasteiger partial charge < -0.3 is 35.2 Å². The number of ether oxygens (including phenoxy) is 2. The molecule has 45 heavy (non-hydrogen) atoms. The number of benzene rings is 2. The first-order chi connectivity index (χ1) is 21.7. The summed E-state index contributed by atoms with van der Waals surface area (Å²) in [5, 5.41) is 16.9. The number of H-pyrrole nitrogens is 1. The fourth-order valence-corrected chi connectivity index (χ4v) is 5.40. The average molecular weight is 644 g/mol. The van der Waals surface area contributed by atoms with Crippen LogP contribution in [0.1, 0.15) is 31.4 Å². The van der Waals surface area contributed by atoms with Crippen LogP contribution in [0.2, 0.25) is 0 Å². The molecule has 1 unspecified atom stereocenters. The van der Waals surface area contributed by atoms with Gasteiger partial charge in [0, 0.05) is 41.5 Å². The number of halogens is 1. The number of aromatic nitrogens is 4. The molecule has 1 fully saturated rings. The fraction of sp³-hybridized carbons (Fsp3) is 0.379. The molecule has 2 aromatic heterocycles. The number of hydrogen-bond donors (Lipinski definition) is 6. The van der Waals surface area contributed by atoms with Crippen molar-refractivity contribution in [1.82, 2.24) is 25.5 Å². The smallest absolute Gasteiger partial charge is 0.469 e. The Morgan fingerprint density at radius 3 is 2.73 bits per heavy atom. The van der Waals surface area contributed by atoms with E-state index < -0.39 is 13.6 Å². The highest BCUT2D eigenvalue weighted by atomic mass is 31.2. The van der Waals surface area contributed by atoms with Crippen molar-refractivity contribution in [2.75, 3.05) is 37.5 Å². The van der Waals surface area contributed by atoms with E-state index in [9.17, 15) is 13.8 Å². The largest absolute Gasteiger partial charge is 0.493 e. The van der Waals surface area contributed by atoms with E-state index in [0.29, 0.717) is 70.9 Å². The van der Waals surface area contributed by atoms with Crippen molar-refractivity contribution in [3.05, 3.63) is 60.3 Å². The third-order valence-electron chi connectivity index (χ3n) is 7.43. The van der Waals surface area contributed by atoms with Crippen LogP contribution in [0.25, 0.3) is 10.9 Å². The molecule has 0 aliphatic heterocycles. The predicted molar refractivity (Wildman–Crippen MR) is 164 cm³/mol. The minimum Gasteiger partial charge on any atom is -0.493 e. The van der Waals surface area contributed by atoms with Crippen LogP contribution in [0.15, 0.2) is 48.8 Å². The normalized spacial score (nSPS) is 14.1. The maximum atomic E-state index is 13.4. The first-order valence-electron chi connectivity index (χ1n) is 14.4. The second-order valence-electron chi connectivity index (χ2n) is 10.6. The second-order valence-corrected chi connectivity index (χ2v) is 11.8. The van der Waals surface area contributed by atoms with E-state index in [0.717, 1.165) is 19.3 Å². The molecular weight excluding hydrogens is 608 g/mol. The Labute approximate surface area is 258 Å². The molecule has 4 aromatic rings.